The van der Waals surface area contributed by atoms with Gasteiger partial charge in [-0.15, -0.1) is 0 Å². The summed E-state index contributed by atoms with van der Waals surface area (Å²) in [5.74, 6) is -4.93. The number of amides is 4. The van der Waals surface area contributed by atoms with Crippen LogP contribution in [0.1, 0.15) is 47.9 Å². The molecule has 5 aromatic rings. The zero-order valence-electron chi connectivity index (χ0n) is 29.5. The highest BCUT2D eigenvalue weighted by Crippen LogP contribution is 2.65. The molecule has 3 fully saturated rings. The van der Waals surface area contributed by atoms with Crippen LogP contribution in [0.5, 0.6) is 5.75 Å². The summed E-state index contributed by atoms with van der Waals surface area (Å²) < 4.78 is 0. The van der Waals surface area contributed by atoms with Crippen LogP contribution in [0.4, 0.5) is 11.4 Å². The summed E-state index contributed by atoms with van der Waals surface area (Å²) in [7, 11) is 0. The van der Waals surface area contributed by atoms with Gasteiger partial charge in [0.25, 0.3) is 11.8 Å². The molecule has 53 heavy (non-hydrogen) atoms. The first-order chi connectivity index (χ1) is 25.7. The van der Waals surface area contributed by atoms with Gasteiger partial charge >= 0.3 is 0 Å². The average molecular weight is 702 g/mol. The van der Waals surface area contributed by atoms with Crippen molar-refractivity contribution in [3.05, 3.63) is 149 Å². The summed E-state index contributed by atoms with van der Waals surface area (Å²) in [5, 5.41) is 14.8. The number of phenolic OH excluding ortho intramolecular Hbond substituents is 1. The second-order valence-corrected chi connectivity index (χ2v) is 14.8. The maximum atomic E-state index is 15.4. The van der Waals surface area contributed by atoms with Crippen molar-refractivity contribution in [1.82, 2.24) is 5.01 Å². The fourth-order valence-corrected chi connectivity index (χ4v) is 9.73. The van der Waals surface area contributed by atoms with Crippen molar-refractivity contribution in [2.45, 2.75) is 44.4 Å². The van der Waals surface area contributed by atoms with Gasteiger partial charge in [0.1, 0.15) is 5.75 Å². The number of fused-ring (bicyclic) bond motifs is 5. The van der Waals surface area contributed by atoms with E-state index in [4.69, 9.17) is 0 Å². The lowest BCUT2D eigenvalue weighted by Gasteiger charge is -2.50. The number of allylic oxidation sites excluding steroid dienone is 2. The van der Waals surface area contributed by atoms with Crippen LogP contribution in [0.15, 0.2) is 127 Å². The molecule has 2 saturated heterocycles. The zero-order chi connectivity index (χ0) is 36.6. The van der Waals surface area contributed by atoms with Gasteiger partial charge in [-0.2, -0.15) is 5.01 Å². The van der Waals surface area contributed by atoms with E-state index < -0.39 is 46.8 Å². The quantitative estimate of drug-likeness (QED) is 0.140. The van der Waals surface area contributed by atoms with Gasteiger partial charge < -0.3 is 5.11 Å². The van der Waals surface area contributed by atoms with E-state index in [1.807, 2.05) is 128 Å². The third kappa shape index (κ3) is 4.74. The van der Waals surface area contributed by atoms with E-state index in [2.05, 4.69) is 12.3 Å². The number of aryl methyl sites for hydroxylation is 2. The number of nitrogens with zero attached hydrogens (tertiary/aromatic N) is 2. The molecule has 9 rings (SSSR count). The Morgan fingerprint density at radius 2 is 1.49 bits per heavy atom. The monoisotopic (exact) mass is 701 g/mol. The highest BCUT2D eigenvalue weighted by atomic mass is 16.3. The lowest BCUT2D eigenvalue weighted by Crippen LogP contribution is -2.53. The largest absolute Gasteiger partial charge is 0.507 e. The molecule has 6 unspecified atom stereocenters. The number of hydrogen-bond donors (Lipinski definition) is 2. The Hall–Kier alpha value is -6.02. The molecular formula is C45H39N3O5. The molecule has 2 N–H and O–H groups in total. The molecule has 2 heterocycles. The highest BCUT2D eigenvalue weighted by molar-refractivity contribution is 6.22. The van der Waals surface area contributed by atoms with Gasteiger partial charge in [-0.25, -0.2) is 0 Å². The Bertz CT molecular complexity index is 2350. The second-order valence-electron chi connectivity index (χ2n) is 14.8. The predicted octanol–water partition coefficient (Wildman–Crippen LogP) is 7.61. The van der Waals surface area contributed by atoms with E-state index in [-0.39, 0.29) is 24.0 Å². The molecule has 4 amide bonds. The number of anilines is 2. The molecule has 264 valence electrons. The lowest BCUT2D eigenvalue weighted by molar-refractivity contribution is -0.138. The molecule has 1 saturated carbocycles. The number of imide groups is 2. The Balaban J connectivity index is 1.25. The third-order valence-corrected chi connectivity index (χ3v) is 12.2. The van der Waals surface area contributed by atoms with Crippen molar-refractivity contribution in [2.24, 2.45) is 23.7 Å². The van der Waals surface area contributed by atoms with Gasteiger partial charge in [0.2, 0.25) is 11.8 Å². The number of carbonyl (C=O) groups is 4. The molecule has 2 aliphatic carbocycles. The molecule has 5 aromatic carbocycles. The smallest absolute Gasteiger partial charge is 0.260 e. The second kappa shape index (κ2) is 12.3. The molecular weight excluding hydrogens is 663 g/mol. The Morgan fingerprint density at radius 3 is 2.23 bits per heavy atom. The Labute approximate surface area is 307 Å². The Morgan fingerprint density at radius 1 is 0.774 bits per heavy atom. The minimum absolute atomic E-state index is 0.0301. The predicted molar refractivity (Wildman–Crippen MR) is 203 cm³/mol. The molecule has 8 heteroatoms. The lowest BCUT2D eigenvalue weighted by atomic mass is 9.49. The first kappa shape index (κ1) is 32.9. The summed E-state index contributed by atoms with van der Waals surface area (Å²) in [5.41, 5.74) is 6.90. The van der Waals surface area contributed by atoms with E-state index >= 15 is 4.79 Å². The van der Waals surface area contributed by atoms with E-state index in [0.717, 1.165) is 33.5 Å². The van der Waals surface area contributed by atoms with Gasteiger partial charge in [-0.3, -0.25) is 29.5 Å². The van der Waals surface area contributed by atoms with Gasteiger partial charge in [-0.05, 0) is 72.9 Å². The third-order valence-electron chi connectivity index (χ3n) is 12.2. The Kier molecular flexibility index (Phi) is 7.62. The molecule has 0 spiro atoms. The molecule has 6 atom stereocenters. The topological polar surface area (TPSA) is 107 Å². The number of hydrogen-bond acceptors (Lipinski definition) is 6. The number of benzene rings is 5. The van der Waals surface area contributed by atoms with Crippen molar-refractivity contribution >= 4 is 45.8 Å². The highest BCUT2D eigenvalue weighted by Gasteiger charge is 2.70. The van der Waals surface area contributed by atoms with E-state index in [1.54, 1.807) is 0 Å². The summed E-state index contributed by atoms with van der Waals surface area (Å²) in [6.45, 7) is 4.02. The van der Waals surface area contributed by atoms with E-state index in [9.17, 15) is 19.5 Å². The first-order valence-corrected chi connectivity index (χ1v) is 18.4. The molecule has 4 aliphatic rings. The standard InChI is InChI=1S/C45H39N3O5/c1-3-27-15-20-31(21-16-27)47-41(50)34-24-23-33-36(38(34)43(47)52)25-37-42(51)48(46-30-18-13-26(2)14-19-30)44(53)45(37,29-10-5-4-6-11-29)39(33)35-22-17-28-9-7-8-12-32(28)40(35)49/h4-23,34,36-39,46,49H,3,24-25H2,1-2H3. The minimum Gasteiger partial charge on any atom is -0.507 e. The maximum absolute atomic E-state index is 15.4. The van der Waals surface area contributed by atoms with Crippen LogP contribution in [-0.2, 0) is 31.0 Å². The van der Waals surface area contributed by atoms with Gasteiger partial charge in [0.05, 0.1) is 34.5 Å². The summed E-state index contributed by atoms with van der Waals surface area (Å²) in [6.07, 6.45) is 3.34. The summed E-state index contributed by atoms with van der Waals surface area (Å²) in [6, 6.07) is 35.7. The van der Waals surface area contributed by atoms with Crippen LogP contribution in [-0.4, -0.2) is 33.7 Å². The van der Waals surface area contributed by atoms with Crippen molar-refractivity contribution in [2.75, 3.05) is 10.3 Å². The van der Waals surface area contributed by atoms with Crippen molar-refractivity contribution in [3.8, 4) is 5.75 Å². The van der Waals surface area contributed by atoms with Crippen molar-refractivity contribution < 1.29 is 24.3 Å². The fraction of sp³-hybridized carbons (Fsp3) is 0.244. The van der Waals surface area contributed by atoms with Crippen LogP contribution in [0.25, 0.3) is 10.8 Å². The number of aromatic hydroxyl groups is 1. The number of nitrogens with one attached hydrogen (secondary N) is 1. The summed E-state index contributed by atoms with van der Waals surface area (Å²) in [4.78, 5) is 60.4. The van der Waals surface area contributed by atoms with E-state index in [0.29, 0.717) is 34.3 Å². The van der Waals surface area contributed by atoms with Crippen LogP contribution < -0.4 is 10.3 Å². The fourth-order valence-electron chi connectivity index (χ4n) is 9.73. The summed E-state index contributed by atoms with van der Waals surface area (Å²) >= 11 is 0. The molecule has 8 nitrogen and oxygen atoms in total. The number of rotatable bonds is 6. The maximum Gasteiger partial charge on any atom is 0.260 e. The minimum atomic E-state index is -1.47. The average Bonchev–Trinajstić information content (AvgIpc) is 3.57. The number of phenols is 1. The zero-order valence-corrected chi connectivity index (χ0v) is 29.5. The van der Waals surface area contributed by atoms with Crippen LogP contribution in [0, 0.1) is 30.6 Å². The van der Waals surface area contributed by atoms with Crippen LogP contribution in [0.2, 0.25) is 0 Å². The SMILES string of the molecule is CCc1ccc(N2C(=O)C3CC=C4C(CC5C(=O)N(Nc6ccc(C)cc6)C(=O)C5(c5ccccc5)C4c4ccc5ccccc5c4O)C3C2=O)cc1. The van der Waals surface area contributed by atoms with Gasteiger partial charge in [0, 0.05) is 16.9 Å². The molecule has 2 aliphatic heterocycles. The van der Waals surface area contributed by atoms with E-state index in [1.165, 1.54) is 4.90 Å². The van der Waals surface area contributed by atoms with Gasteiger partial charge in [-0.1, -0.05) is 115 Å². The van der Waals surface area contributed by atoms with Crippen molar-refractivity contribution in [1.29, 1.82) is 0 Å². The first-order valence-electron chi connectivity index (χ1n) is 18.4. The van der Waals surface area contributed by atoms with Crippen molar-refractivity contribution in [3.63, 3.8) is 0 Å². The number of hydrazine groups is 1. The van der Waals surface area contributed by atoms with Crippen LogP contribution in [0.3, 0.4) is 0 Å². The van der Waals surface area contributed by atoms with Crippen LogP contribution >= 0.6 is 0 Å². The molecule has 0 bridgehead atoms. The molecule has 0 aromatic heterocycles. The number of carbonyl (C=O) groups excluding carboxylic acids is 4. The normalized spacial score (nSPS) is 26.4. The molecule has 0 radical (unpaired) electrons. The van der Waals surface area contributed by atoms with Gasteiger partial charge in [0.15, 0.2) is 0 Å².